The highest BCUT2D eigenvalue weighted by atomic mass is 31.1. The zero-order chi connectivity index (χ0) is 22.5. The van der Waals surface area contributed by atoms with Gasteiger partial charge in [0.25, 0.3) is 0 Å². The average molecular weight is 456 g/mol. The lowest BCUT2D eigenvalue weighted by atomic mass is 9.95. The fraction of sp³-hybridized carbons (Fsp3) is 0.419. The molecule has 0 heterocycles. The summed E-state index contributed by atoms with van der Waals surface area (Å²) in [6, 6.07) is 27.1. The van der Waals surface area contributed by atoms with E-state index in [0.29, 0.717) is 6.54 Å². The van der Waals surface area contributed by atoms with Crippen molar-refractivity contribution in [1.82, 2.24) is 0 Å². The van der Waals surface area contributed by atoms with Gasteiger partial charge in [0, 0.05) is 6.54 Å². The van der Waals surface area contributed by atoms with Crippen molar-refractivity contribution in [3.63, 3.8) is 0 Å². The molecular formula is C31H38NP. The summed E-state index contributed by atoms with van der Waals surface area (Å²) in [5.41, 5.74) is 14.9. The number of hydrogen-bond donors (Lipinski definition) is 1. The molecule has 3 aromatic carbocycles. The minimum atomic E-state index is -0.239. The SMILES string of the molecule is NCc1cc(-c2ccccc2)c(P(C2CCCCC2)C2CCCCC2)c(-c2ccccc2)c1. The minimum absolute atomic E-state index is 0.239. The van der Waals surface area contributed by atoms with Crippen LogP contribution in [0.4, 0.5) is 0 Å². The van der Waals surface area contributed by atoms with Crippen molar-refractivity contribution in [2.75, 3.05) is 0 Å². The van der Waals surface area contributed by atoms with Gasteiger partial charge in [0.15, 0.2) is 0 Å². The molecule has 33 heavy (non-hydrogen) atoms. The van der Waals surface area contributed by atoms with Crippen LogP contribution in [0.25, 0.3) is 22.3 Å². The third-order valence-corrected chi connectivity index (χ3v) is 11.4. The summed E-state index contributed by atoms with van der Waals surface area (Å²) >= 11 is 0. The quantitative estimate of drug-likeness (QED) is 0.372. The number of benzene rings is 3. The molecule has 2 aliphatic rings. The Morgan fingerprint density at radius 2 is 1.03 bits per heavy atom. The maximum Gasteiger partial charge on any atom is 0.0178 e. The van der Waals surface area contributed by atoms with E-state index in [1.807, 2.05) is 0 Å². The molecule has 0 aromatic heterocycles. The van der Waals surface area contributed by atoms with Crippen molar-refractivity contribution in [2.45, 2.75) is 82.1 Å². The van der Waals surface area contributed by atoms with E-state index in [9.17, 15) is 0 Å². The van der Waals surface area contributed by atoms with Gasteiger partial charge < -0.3 is 5.73 Å². The molecule has 3 aromatic rings. The van der Waals surface area contributed by atoms with Crippen molar-refractivity contribution >= 4 is 13.2 Å². The van der Waals surface area contributed by atoms with E-state index < -0.39 is 0 Å². The fourth-order valence-electron chi connectivity index (χ4n) is 6.15. The number of rotatable bonds is 6. The van der Waals surface area contributed by atoms with Gasteiger partial charge in [0.1, 0.15) is 0 Å². The molecule has 0 saturated heterocycles. The summed E-state index contributed by atoms with van der Waals surface area (Å²) in [6.45, 7) is 0.588. The number of nitrogens with two attached hydrogens (primary N) is 1. The normalized spacial score (nSPS) is 18.0. The zero-order valence-electron chi connectivity index (χ0n) is 19.9. The summed E-state index contributed by atoms with van der Waals surface area (Å²) in [5, 5.41) is 1.68. The van der Waals surface area contributed by atoms with Gasteiger partial charge in [-0.1, -0.05) is 107 Å². The Kier molecular flexibility index (Phi) is 7.60. The van der Waals surface area contributed by atoms with Crippen molar-refractivity contribution in [3.8, 4) is 22.3 Å². The topological polar surface area (TPSA) is 26.0 Å². The molecular weight excluding hydrogens is 417 g/mol. The summed E-state index contributed by atoms with van der Waals surface area (Å²) in [5.74, 6) is 0. The molecule has 1 nitrogen and oxygen atoms in total. The first-order valence-corrected chi connectivity index (χ1v) is 14.6. The first-order valence-electron chi connectivity index (χ1n) is 13.1. The molecule has 0 aliphatic heterocycles. The Morgan fingerprint density at radius 3 is 1.42 bits per heavy atom. The maximum atomic E-state index is 6.26. The van der Waals surface area contributed by atoms with E-state index in [0.717, 1.165) is 11.3 Å². The van der Waals surface area contributed by atoms with E-state index in [-0.39, 0.29) is 7.92 Å². The van der Waals surface area contributed by atoms with Gasteiger partial charge in [-0.25, -0.2) is 0 Å². The van der Waals surface area contributed by atoms with Crippen LogP contribution < -0.4 is 11.0 Å². The van der Waals surface area contributed by atoms with Gasteiger partial charge in [-0.15, -0.1) is 0 Å². The maximum absolute atomic E-state index is 6.26. The van der Waals surface area contributed by atoms with Gasteiger partial charge >= 0.3 is 0 Å². The van der Waals surface area contributed by atoms with Crippen LogP contribution in [0, 0.1) is 0 Å². The fourth-order valence-corrected chi connectivity index (χ4v) is 10.3. The first kappa shape index (κ1) is 22.8. The van der Waals surface area contributed by atoms with Crippen LogP contribution in [-0.2, 0) is 6.54 Å². The molecule has 5 rings (SSSR count). The lowest BCUT2D eigenvalue weighted by molar-refractivity contribution is 0.487. The van der Waals surface area contributed by atoms with Crippen LogP contribution in [0.2, 0.25) is 0 Å². The molecule has 2 saturated carbocycles. The second-order valence-electron chi connectivity index (χ2n) is 9.97. The van der Waals surface area contributed by atoms with E-state index in [1.54, 1.807) is 5.30 Å². The molecule has 0 atom stereocenters. The third-order valence-electron chi connectivity index (χ3n) is 7.77. The third kappa shape index (κ3) is 5.11. The second kappa shape index (κ2) is 11.0. The molecule has 0 radical (unpaired) electrons. The Labute approximate surface area is 201 Å². The monoisotopic (exact) mass is 455 g/mol. The highest BCUT2D eigenvalue weighted by Crippen LogP contribution is 2.57. The van der Waals surface area contributed by atoms with Crippen LogP contribution in [0.5, 0.6) is 0 Å². The summed E-state index contributed by atoms with van der Waals surface area (Å²) in [6.07, 6.45) is 14.2. The van der Waals surface area contributed by atoms with Gasteiger partial charge in [-0.05, 0) is 82.3 Å². The highest BCUT2D eigenvalue weighted by molar-refractivity contribution is 7.67. The lowest BCUT2D eigenvalue weighted by Gasteiger charge is -2.41. The van der Waals surface area contributed by atoms with Crippen molar-refractivity contribution < 1.29 is 0 Å². The van der Waals surface area contributed by atoms with E-state index in [2.05, 4.69) is 72.8 Å². The van der Waals surface area contributed by atoms with Crippen molar-refractivity contribution in [2.24, 2.45) is 5.73 Å². The van der Waals surface area contributed by atoms with Crippen LogP contribution in [-0.4, -0.2) is 11.3 Å². The molecule has 0 spiro atoms. The van der Waals surface area contributed by atoms with Gasteiger partial charge in [0.2, 0.25) is 0 Å². The average Bonchev–Trinajstić information content (AvgIpc) is 2.91. The Balaban J connectivity index is 1.76. The van der Waals surface area contributed by atoms with Crippen LogP contribution in [0.15, 0.2) is 72.8 Å². The second-order valence-corrected chi connectivity index (χ2v) is 12.7. The van der Waals surface area contributed by atoms with E-state index >= 15 is 0 Å². The van der Waals surface area contributed by atoms with Gasteiger partial charge in [-0.2, -0.15) is 0 Å². The standard InChI is InChI=1S/C31H38NP/c32-23-24-21-29(25-13-5-1-6-14-25)31(30(22-24)26-15-7-2-8-16-26)33(27-17-9-3-10-18-27)28-19-11-4-12-20-28/h1-2,5-8,13-16,21-22,27-28H,3-4,9-12,17-20,23,32H2. The predicted molar refractivity (Wildman–Crippen MR) is 146 cm³/mol. The van der Waals surface area contributed by atoms with Crippen LogP contribution >= 0.6 is 7.92 Å². The molecule has 2 aliphatic carbocycles. The summed E-state index contributed by atoms with van der Waals surface area (Å²) < 4.78 is 0. The van der Waals surface area contributed by atoms with Gasteiger partial charge in [0.05, 0.1) is 0 Å². The smallest absolute Gasteiger partial charge is 0.0178 e. The predicted octanol–water partition coefficient (Wildman–Crippen LogP) is 8.25. The summed E-state index contributed by atoms with van der Waals surface area (Å²) in [7, 11) is -0.239. The highest BCUT2D eigenvalue weighted by Gasteiger charge is 2.35. The molecule has 0 bridgehead atoms. The molecule has 0 amide bonds. The Bertz CT molecular complexity index is 939. The van der Waals surface area contributed by atoms with Crippen LogP contribution in [0.3, 0.4) is 0 Å². The molecule has 172 valence electrons. The molecule has 2 N–H and O–H groups in total. The van der Waals surface area contributed by atoms with Gasteiger partial charge in [-0.3, -0.25) is 0 Å². The Hall–Kier alpha value is -1.95. The minimum Gasteiger partial charge on any atom is -0.326 e. The van der Waals surface area contributed by atoms with Crippen molar-refractivity contribution in [1.29, 1.82) is 0 Å². The van der Waals surface area contributed by atoms with Crippen LogP contribution in [0.1, 0.15) is 69.8 Å². The van der Waals surface area contributed by atoms with Crippen molar-refractivity contribution in [3.05, 3.63) is 78.4 Å². The zero-order valence-corrected chi connectivity index (χ0v) is 20.8. The molecule has 2 fully saturated rings. The lowest BCUT2D eigenvalue weighted by Crippen LogP contribution is -2.28. The summed E-state index contributed by atoms with van der Waals surface area (Å²) in [4.78, 5) is 0. The Morgan fingerprint density at radius 1 is 0.606 bits per heavy atom. The molecule has 0 unspecified atom stereocenters. The largest absolute Gasteiger partial charge is 0.326 e. The molecule has 2 heteroatoms. The van der Waals surface area contributed by atoms with E-state index in [4.69, 9.17) is 5.73 Å². The first-order chi connectivity index (χ1) is 16.3. The van der Waals surface area contributed by atoms with E-state index in [1.165, 1.54) is 92.0 Å². The number of hydrogen-bond acceptors (Lipinski definition) is 1.